The number of carbonyl (C=O) groups is 1. The van der Waals surface area contributed by atoms with E-state index in [9.17, 15) is 18.0 Å². The molecule has 1 fully saturated rings. The summed E-state index contributed by atoms with van der Waals surface area (Å²) in [6, 6.07) is 2.13. The molecular formula is C20H24F3NO2. The number of ether oxygens (including phenoxy) is 1. The molecule has 2 heterocycles. The number of piperidine rings is 1. The standard InChI is InChI=1S/C20H24F3NO2/c1-20(2,3)26-19(25)24-14-5-4-6-15(24)11-12(10-14)9-13-7-8-16(21)18(23)17(13)22/h7-8,10,14-15H,4-6,9,11H2,1-3H3. The van der Waals surface area contributed by atoms with Crippen LogP contribution in [-0.2, 0) is 11.2 Å². The van der Waals surface area contributed by atoms with Gasteiger partial charge in [0.1, 0.15) is 5.60 Å². The van der Waals surface area contributed by atoms with Crippen molar-refractivity contribution in [2.45, 2.75) is 70.6 Å². The van der Waals surface area contributed by atoms with Crippen molar-refractivity contribution in [3.05, 3.63) is 46.8 Å². The average molecular weight is 367 g/mol. The molecule has 2 atom stereocenters. The van der Waals surface area contributed by atoms with E-state index in [1.807, 2.05) is 26.8 Å². The Kier molecular flexibility index (Phi) is 5.04. The van der Waals surface area contributed by atoms with Crippen LogP contribution in [0.5, 0.6) is 0 Å². The second-order valence-electron chi connectivity index (χ2n) is 8.08. The number of halogens is 3. The molecule has 3 rings (SSSR count). The highest BCUT2D eigenvalue weighted by Gasteiger charge is 2.39. The van der Waals surface area contributed by atoms with Gasteiger partial charge in [0.15, 0.2) is 17.5 Å². The summed E-state index contributed by atoms with van der Waals surface area (Å²) in [4.78, 5) is 14.3. The largest absolute Gasteiger partial charge is 0.444 e. The SMILES string of the molecule is CC(C)(C)OC(=O)N1C2C=C(Cc3ccc(F)c(F)c3F)CC1CCC2. The molecule has 1 amide bonds. The zero-order chi connectivity index (χ0) is 19.1. The second-order valence-corrected chi connectivity index (χ2v) is 8.08. The number of benzene rings is 1. The number of hydrogen-bond donors (Lipinski definition) is 0. The van der Waals surface area contributed by atoms with Gasteiger partial charge in [-0.25, -0.2) is 18.0 Å². The molecule has 0 aromatic heterocycles. The van der Waals surface area contributed by atoms with Gasteiger partial charge in [0.05, 0.1) is 6.04 Å². The van der Waals surface area contributed by atoms with Gasteiger partial charge in [-0.05, 0) is 64.5 Å². The maximum absolute atomic E-state index is 14.0. The van der Waals surface area contributed by atoms with Crippen LogP contribution < -0.4 is 0 Å². The summed E-state index contributed by atoms with van der Waals surface area (Å²) in [6.45, 7) is 5.49. The summed E-state index contributed by atoms with van der Waals surface area (Å²) in [5.74, 6) is -3.75. The predicted molar refractivity (Wildman–Crippen MR) is 92.2 cm³/mol. The average Bonchev–Trinajstić information content (AvgIpc) is 2.53. The van der Waals surface area contributed by atoms with Crippen LogP contribution >= 0.6 is 0 Å². The van der Waals surface area contributed by atoms with Crippen molar-refractivity contribution in [2.75, 3.05) is 0 Å². The lowest BCUT2D eigenvalue weighted by molar-refractivity contribution is -0.00151. The van der Waals surface area contributed by atoms with Gasteiger partial charge < -0.3 is 4.74 Å². The van der Waals surface area contributed by atoms with E-state index in [0.29, 0.717) is 6.42 Å². The first-order valence-corrected chi connectivity index (χ1v) is 8.99. The highest BCUT2D eigenvalue weighted by atomic mass is 19.2. The van der Waals surface area contributed by atoms with Crippen LogP contribution in [0.3, 0.4) is 0 Å². The van der Waals surface area contributed by atoms with Gasteiger partial charge in [0.2, 0.25) is 0 Å². The van der Waals surface area contributed by atoms with Crippen LogP contribution in [0, 0.1) is 17.5 Å². The van der Waals surface area contributed by atoms with Crippen LogP contribution in [0.1, 0.15) is 52.0 Å². The van der Waals surface area contributed by atoms with Crippen molar-refractivity contribution in [2.24, 2.45) is 0 Å². The zero-order valence-corrected chi connectivity index (χ0v) is 15.3. The molecule has 2 bridgehead atoms. The molecule has 0 saturated carbocycles. The molecule has 142 valence electrons. The van der Waals surface area contributed by atoms with Crippen LogP contribution in [-0.4, -0.2) is 28.7 Å². The lowest BCUT2D eigenvalue weighted by Gasteiger charge is -2.45. The minimum absolute atomic E-state index is 0.00282. The molecule has 26 heavy (non-hydrogen) atoms. The first kappa shape index (κ1) is 18.8. The molecule has 0 spiro atoms. The lowest BCUT2D eigenvalue weighted by atomic mass is 9.83. The minimum Gasteiger partial charge on any atom is -0.444 e. The van der Waals surface area contributed by atoms with Crippen LogP contribution in [0.2, 0.25) is 0 Å². The fraction of sp³-hybridized carbons (Fsp3) is 0.550. The van der Waals surface area contributed by atoms with E-state index in [1.54, 1.807) is 4.90 Å². The number of fused-ring (bicyclic) bond motifs is 2. The molecule has 2 aliphatic rings. The van der Waals surface area contributed by atoms with E-state index < -0.39 is 23.1 Å². The van der Waals surface area contributed by atoms with E-state index in [0.717, 1.165) is 30.9 Å². The first-order valence-electron chi connectivity index (χ1n) is 8.99. The maximum Gasteiger partial charge on any atom is 0.411 e. The Morgan fingerprint density at radius 3 is 2.58 bits per heavy atom. The summed E-state index contributed by atoms with van der Waals surface area (Å²) in [5.41, 5.74) is 0.521. The van der Waals surface area contributed by atoms with Crippen LogP contribution in [0.25, 0.3) is 0 Å². The maximum atomic E-state index is 14.0. The normalized spacial score (nSPS) is 22.8. The number of nitrogens with zero attached hydrogens (tertiary/aromatic N) is 1. The Bertz CT molecular complexity index is 739. The third-order valence-electron chi connectivity index (χ3n) is 4.85. The van der Waals surface area contributed by atoms with Gasteiger partial charge in [-0.3, -0.25) is 4.90 Å². The molecule has 1 saturated heterocycles. The Morgan fingerprint density at radius 1 is 1.19 bits per heavy atom. The monoisotopic (exact) mass is 367 g/mol. The number of hydrogen-bond acceptors (Lipinski definition) is 2. The fourth-order valence-electron chi connectivity index (χ4n) is 3.80. The number of amides is 1. The molecule has 0 N–H and O–H groups in total. The van der Waals surface area contributed by atoms with Crippen molar-refractivity contribution in [1.29, 1.82) is 0 Å². The summed E-state index contributed by atoms with van der Waals surface area (Å²) in [6.07, 6.45) is 5.12. The third-order valence-corrected chi connectivity index (χ3v) is 4.85. The highest BCUT2D eigenvalue weighted by molar-refractivity contribution is 5.70. The first-order chi connectivity index (χ1) is 12.2. The van der Waals surface area contributed by atoms with Gasteiger partial charge in [-0.15, -0.1) is 0 Å². The van der Waals surface area contributed by atoms with Gasteiger partial charge >= 0.3 is 6.09 Å². The molecule has 6 heteroatoms. The van der Waals surface area contributed by atoms with E-state index >= 15 is 0 Å². The van der Waals surface area contributed by atoms with Gasteiger partial charge in [0, 0.05) is 6.04 Å². The lowest BCUT2D eigenvalue weighted by Crippen LogP contribution is -2.53. The van der Waals surface area contributed by atoms with Gasteiger partial charge in [-0.2, -0.15) is 0 Å². The molecule has 0 radical (unpaired) electrons. The van der Waals surface area contributed by atoms with E-state index in [4.69, 9.17) is 4.74 Å². The molecule has 2 aliphatic heterocycles. The van der Waals surface area contributed by atoms with Crippen molar-refractivity contribution in [3.8, 4) is 0 Å². The van der Waals surface area contributed by atoms with Crippen molar-refractivity contribution in [1.82, 2.24) is 4.90 Å². The van der Waals surface area contributed by atoms with Crippen molar-refractivity contribution in [3.63, 3.8) is 0 Å². The summed E-state index contributed by atoms with van der Waals surface area (Å²) >= 11 is 0. The Balaban J connectivity index is 1.80. The Labute approximate surface area is 151 Å². The predicted octanol–water partition coefficient (Wildman–Crippen LogP) is 5.13. The third kappa shape index (κ3) is 3.89. The number of rotatable bonds is 2. The van der Waals surface area contributed by atoms with Crippen molar-refractivity contribution < 1.29 is 22.7 Å². The Hall–Kier alpha value is -1.98. The number of carbonyl (C=O) groups excluding carboxylic acids is 1. The molecule has 3 nitrogen and oxygen atoms in total. The fourth-order valence-corrected chi connectivity index (χ4v) is 3.80. The minimum atomic E-state index is -1.44. The summed E-state index contributed by atoms with van der Waals surface area (Å²) in [5, 5.41) is 0. The summed E-state index contributed by atoms with van der Waals surface area (Å²) < 4.78 is 46.1. The summed E-state index contributed by atoms with van der Waals surface area (Å²) in [7, 11) is 0. The smallest absolute Gasteiger partial charge is 0.411 e. The molecular weight excluding hydrogens is 343 g/mol. The van der Waals surface area contributed by atoms with Gasteiger partial charge in [-0.1, -0.05) is 17.7 Å². The van der Waals surface area contributed by atoms with E-state index in [-0.39, 0.29) is 30.2 Å². The van der Waals surface area contributed by atoms with E-state index in [2.05, 4.69) is 0 Å². The van der Waals surface area contributed by atoms with Crippen molar-refractivity contribution >= 4 is 6.09 Å². The molecule has 1 aromatic rings. The van der Waals surface area contributed by atoms with Crippen LogP contribution in [0.15, 0.2) is 23.8 Å². The molecule has 2 unspecified atom stereocenters. The van der Waals surface area contributed by atoms with Crippen LogP contribution in [0.4, 0.5) is 18.0 Å². The molecule has 1 aromatic carbocycles. The zero-order valence-electron chi connectivity index (χ0n) is 15.3. The van der Waals surface area contributed by atoms with Gasteiger partial charge in [0.25, 0.3) is 0 Å². The quantitative estimate of drug-likeness (QED) is 0.535. The Morgan fingerprint density at radius 2 is 1.92 bits per heavy atom. The second kappa shape index (κ2) is 6.97. The highest BCUT2D eigenvalue weighted by Crippen LogP contribution is 2.35. The topological polar surface area (TPSA) is 29.5 Å². The molecule has 0 aliphatic carbocycles. The van der Waals surface area contributed by atoms with E-state index in [1.165, 1.54) is 6.07 Å².